The average molecular weight is 1850 g/mol. The van der Waals surface area contributed by atoms with Crippen molar-refractivity contribution in [3.63, 3.8) is 0 Å². The highest BCUT2D eigenvalue weighted by Gasteiger charge is 2.25. The third-order valence-corrected chi connectivity index (χ3v) is 30.2. The third kappa shape index (κ3) is 14.4. The Morgan fingerprint density at radius 1 is 0.146 bits per heavy atom. The Morgan fingerprint density at radius 2 is 0.438 bits per heavy atom. The number of rotatable bonds is 11. The number of benzene rings is 23. The Bertz CT molecular complexity index is 10300. The minimum absolute atomic E-state index is 0.881. The van der Waals surface area contributed by atoms with Crippen LogP contribution >= 0.6 is 11.3 Å². The van der Waals surface area contributed by atoms with Gasteiger partial charge in [-0.3, -0.25) is 0 Å². The minimum atomic E-state index is 0.881. The van der Waals surface area contributed by atoms with Gasteiger partial charge in [-0.2, -0.15) is 0 Å². The Labute approximate surface area is 832 Å². The van der Waals surface area contributed by atoms with E-state index in [1.807, 2.05) is 29.5 Å². The fourth-order valence-electron chi connectivity index (χ4n) is 22.1. The van der Waals surface area contributed by atoms with Gasteiger partial charge in [-0.1, -0.05) is 382 Å². The molecule has 0 unspecified atom stereocenters. The first-order valence-electron chi connectivity index (χ1n) is 49.0. The van der Waals surface area contributed by atoms with Gasteiger partial charge in [-0.25, -0.2) is 15.0 Å². The molecule has 0 amide bonds. The molecule has 0 bridgehead atoms. The zero-order chi connectivity index (χ0) is 94.8. The number of nitrogens with zero attached hydrogens (tertiary/aromatic N) is 3. The molecule has 0 atom stereocenters. The number of hydrogen-bond donors (Lipinski definition) is 0. The van der Waals surface area contributed by atoms with Crippen LogP contribution < -0.4 is 0 Å². The zero-order valence-electron chi connectivity index (χ0n) is 77.9. The van der Waals surface area contributed by atoms with Gasteiger partial charge < -0.3 is 13.3 Å². The Kier molecular flexibility index (Phi) is 20.1. The lowest BCUT2D eigenvalue weighted by Gasteiger charge is -2.12. The van der Waals surface area contributed by atoms with Crippen LogP contribution in [-0.2, 0) is 0 Å². The molecule has 0 radical (unpaired) electrons. The molecule has 0 fully saturated rings. The molecular formula is C137H83N3O3S. The fourth-order valence-corrected chi connectivity index (χ4v) is 23.3. The molecule has 0 aliphatic rings. The standard InChI is InChI=1S/C49H31NO.C45H27NO.C43H25NOS/c1-4-12-32(13-5-1)38-28-39(33-14-6-2-7-15-33)30-40(29-38)35-22-20-34(21-23-35)37-24-26-45-43(31-37)48-46(51-45)27-25-42-47(48)41-18-10-11-19-44(41)50-49(42)36-16-8-3-9-17-36;1-2-10-30(11-3-1)45-37-23-25-42-44(43(37)36-16-8-9-17-40(36)46-45)39-26-31(22-24-41(39)47-42)28-18-20-29(21-19-28)38-27-32-12-4-5-13-33(32)34-14-6-7-15-35(34)38;1-2-9-28(10-3-1)42-34-22-24-38-41(40(34)33-12-4-6-15-36(33)44-42)35-25-29(21-23-37(35)45-38)26-17-19-27(20-18-26)30-13-8-14-32-31-11-5-7-16-39(31)46-43(30)32/h1-31H;1-27H;1-25H. The summed E-state index contributed by atoms with van der Waals surface area (Å²) >= 11 is 1.87. The number of fused-ring (bicyclic) bond motifs is 27. The SMILES string of the molecule is c1ccc(-c2cc(-c3ccccc3)cc(-c3ccc(-c4ccc5oc6ccc7c(-c8ccccc8)nc8ccccc8c7c6c5c4)cc3)c2)cc1.c1ccc(-c2nc3ccccc3c3c2ccc2oc4ccc(-c5ccc(-c6cc7ccccc7c7ccccc67)cc5)cc4c23)cc1.c1ccc(-c2nc3ccccc3c3c2ccc2oc4ccc(-c5ccc(-c6cccc7c6sc6ccccc67)cc5)cc4c23)cc1. The highest BCUT2D eigenvalue weighted by atomic mass is 32.1. The molecule has 0 saturated carbocycles. The van der Waals surface area contributed by atoms with Gasteiger partial charge in [-0.05, 0) is 232 Å². The molecule has 0 aliphatic carbocycles. The summed E-state index contributed by atoms with van der Waals surface area (Å²) in [7, 11) is 0. The first-order valence-corrected chi connectivity index (χ1v) is 49.8. The summed E-state index contributed by atoms with van der Waals surface area (Å²) in [5.74, 6) is 0. The number of hydrogen-bond acceptors (Lipinski definition) is 7. The van der Waals surface area contributed by atoms with E-state index >= 15 is 0 Å². The second-order valence-electron chi connectivity index (χ2n) is 37.3. The van der Waals surface area contributed by atoms with Crippen LogP contribution in [-0.4, -0.2) is 15.0 Å². The third-order valence-electron chi connectivity index (χ3n) is 29.0. The highest BCUT2D eigenvalue weighted by Crippen LogP contribution is 2.50. The van der Waals surface area contributed by atoms with E-state index in [0.717, 1.165) is 165 Å². The summed E-state index contributed by atoms with van der Waals surface area (Å²) in [5.41, 5.74) is 33.7. The molecule has 7 heteroatoms. The predicted octanol–water partition coefficient (Wildman–Crippen LogP) is 38.9. The van der Waals surface area contributed by atoms with Crippen LogP contribution in [0.4, 0.5) is 0 Å². The Hall–Kier alpha value is -18.8. The van der Waals surface area contributed by atoms with Crippen LogP contribution in [0.1, 0.15) is 0 Å². The van der Waals surface area contributed by atoms with Gasteiger partial charge in [-0.15, -0.1) is 11.3 Å². The molecule has 0 N–H and O–H groups in total. The van der Waals surface area contributed by atoms with E-state index < -0.39 is 0 Å². The Balaban J connectivity index is 0.000000105. The van der Waals surface area contributed by atoms with Crippen molar-refractivity contribution in [3.8, 4) is 123 Å². The van der Waals surface area contributed by atoms with Crippen molar-refractivity contribution in [2.45, 2.75) is 0 Å². The van der Waals surface area contributed by atoms with Crippen molar-refractivity contribution >= 4 is 184 Å². The highest BCUT2D eigenvalue weighted by molar-refractivity contribution is 7.26. The van der Waals surface area contributed by atoms with E-state index in [1.54, 1.807) is 0 Å². The monoisotopic (exact) mass is 1850 g/mol. The van der Waals surface area contributed by atoms with Gasteiger partial charge in [0.15, 0.2) is 0 Å². The summed E-state index contributed by atoms with van der Waals surface area (Å²) in [5, 5.41) is 24.8. The van der Waals surface area contributed by atoms with Gasteiger partial charge in [0.1, 0.15) is 33.5 Å². The topological polar surface area (TPSA) is 78.1 Å². The van der Waals surface area contributed by atoms with Crippen LogP contribution in [0.3, 0.4) is 0 Å². The smallest absolute Gasteiger partial charge is 0.136 e. The normalized spacial score (nSPS) is 11.8. The molecule has 0 spiro atoms. The molecule has 6 nitrogen and oxygen atoms in total. The molecule has 0 aliphatic heterocycles. The van der Waals surface area contributed by atoms with E-state index in [1.165, 1.54) is 130 Å². The summed E-state index contributed by atoms with van der Waals surface area (Å²) in [6, 6.07) is 179. The maximum Gasteiger partial charge on any atom is 0.136 e. The van der Waals surface area contributed by atoms with Crippen LogP contribution in [0.15, 0.2) is 517 Å². The molecular weight excluding hydrogens is 1770 g/mol. The van der Waals surface area contributed by atoms with Crippen molar-refractivity contribution in [1.82, 2.24) is 15.0 Å². The van der Waals surface area contributed by atoms with Crippen LogP contribution in [0.2, 0.25) is 0 Å². The molecule has 30 rings (SSSR count). The molecule has 30 aromatic rings. The van der Waals surface area contributed by atoms with Gasteiger partial charge in [0, 0.05) is 118 Å². The average Bonchev–Trinajstić information content (AvgIpc) is 1.51. The quantitative estimate of drug-likeness (QED) is 0.120. The second kappa shape index (κ2) is 34.7. The number of furan rings is 3. The second-order valence-corrected chi connectivity index (χ2v) is 38.3. The molecule has 670 valence electrons. The number of pyridine rings is 3. The number of aromatic nitrogens is 3. The maximum absolute atomic E-state index is 6.50. The molecule has 144 heavy (non-hydrogen) atoms. The first-order chi connectivity index (χ1) is 71.4. The van der Waals surface area contributed by atoms with E-state index in [2.05, 4.69) is 485 Å². The number of para-hydroxylation sites is 3. The lowest BCUT2D eigenvalue weighted by molar-refractivity contribution is 0.669. The van der Waals surface area contributed by atoms with Crippen LogP contribution in [0, 0.1) is 0 Å². The van der Waals surface area contributed by atoms with Gasteiger partial charge in [0.05, 0.1) is 33.6 Å². The lowest BCUT2D eigenvalue weighted by atomic mass is 9.92. The summed E-state index contributed by atoms with van der Waals surface area (Å²) in [4.78, 5) is 15.5. The first kappa shape index (κ1) is 83.4. The molecule has 23 aromatic carbocycles. The van der Waals surface area contributed by atoms with Crippen molar-refractivity contribution in [2.24, 2.45) is 0 Å². The van der Waals surface area contributed by atoms with Crippen LogP contribution in [0.25, 0.3) is 295 Å². The van der Waals surface area contributed by atoms with Crippen LogP contribution in [0.5, 0.6) is 0 Å². The summed E-state index contributed by atoms with van der Waals surface area (Å²) in [6.45, 7) is 0. The minimum Gasteiger partial charge on any atom is -0.456 e. The maximum atomic E-state index is 6.50. The molecule has 0 saturated heterocycles. The number of thiophene rings is 1. The van der Waals surface area contributed by atoms with E-state index in [0.29, 0.717) is 0 Å². The lowest BCUT2D eigenvalue weighted by Crippen LogP contribution is -1.90. The largest absolute Gasteiger partial charge is 0.456 e. The van der Waals surface area contributed by atoms with E-state index in [4.69, 9.17) is 28.2 Å². The summed E-state index contributed by atoms with van der Waals surface area (Å²) in [6.07, 6.45) is 0. The molecule has 7 aromatic heterocycles. The van der Waals surface area contributed by atoms with E-state index in [-0.39, 0.29) is 0 Å². The van der Waals surface area contributed by atoms with Crippen molar-refractivity contribution in [3.05, 3.63) is 504 Å². The van der Waals surface area contributed by atoms with Gasteiger partial charge >= 0.3 is 0 Å². The van der Waals surface area contributed by atoms with Gasteiger partial charge in [0.25, 0.3) is 0 Å². The van der Waals surface area contributed by atoms with Crippen molar-refractivity contribution in [2.75, 3.05) is 0 Å². The molecule has 7 heterocycles. The fraction of sp³-hybridized carbons (Fsp3) is 0. The van der Waals surface area contributed by atoms with Gasteiger partial charge in [0.2, 0.25) is 0 Å². The van der Waals surface area contributed by atoms with Crippen molar-refractivity contribution in [1.29, 1.82) is 0 Å². The van der Waals surface area contributed by atoms with E-state index in [9.17, 15) is 0 Å². The van der Waals surface area contributed by atoms with Crippen molar-refractivity contribution < 1.29 is 13.3 Å². The summed E-state index contributed by atoms with van der Waals surface area (Å²) < 4.78 is 22.1. The Morgan fingerprint density at radius 3 is 0.840 bits per heavy atom. The predicted molar refractivity (Wildman–Crippen MR) is 607 cm³/mol. The zero-order valence-corrected chi connectivity index (χ0v) is 78.7.